The molecule has 1 aromatic rings. The zero-order chi connectivity index (χ0) is 6.15. The molecule has 0 aliphatic heterocycles. The zero-order valence-corrected chi connectivity index (χ0v) is 8.52. The van der Waals surface area contributed by atoms with E-state index < -0.39 is 0 Å². The second-order valence-electron chi connectivity index (χ2n) is 1.43. The largest absolute Gasteiger partial charge is 0.337 e. The molecule has 0 saturated carbocycles. The molecule has 0 unspecified atom stereocenters. The first-order valence-corrected chi connectivity index (χ1v) is 4.23. The minimum atomic E-state index is 0.985. The number of aryl methyl sites for hydroxylation is 1. The van der Waals surface area contributed by atoms with E-state index in [-0.39, 0.29) is 0 Å². The second-order valence-corrected chi connectivity index (χ2v) is 3.53. The van der Waals surface area contributed by atoms with Gasteiger partial charge in [0.15, 0.2) is 0 Å². The van der Waals surface area contributed by atoms with Crippen molar-refractivity contribution >= 4 is 45.2 Å². The first-order chi connectivity index (χ1) is 3.70. The Labute approximate surface area is 74.7 Å². The summed E-state index contributed by atoms with van der Waals surface area (Å²) in [6.07, 6.45) is 0. The van der Waals surface area contributed by atoms with Gasteiger partial charge in [-0.1, -0.05) is 0 Å². The fourth-order valence-corrected chi connectivity index (χ4v) is 1.44. The Morgan fingerprint density at radius 3 is 2.25 bits per heavy atom. The van der Waals surface area contributed by atoms with E-state index in [0.29, 0.717) is 0 Å². The number of imidazole rings is 1. The SMILES string of the molecule is Cc1nc(I)c(I)[nH]1. The average molecular weight is 334 g/mol. The number of aromatic amines is 1. The standard InChI is InChI=1S/C4H4I2N2/c1-2-7-3(5)4(6)8-2/h1H3,(H,7,8). The van der Waals surface area contributed by atoms with Crippen molar-refractivity contribution in [1.82, 2.24) is 9.97 Å². The lowest BCUT2D eigenvalue weighted by molar-refractivity contribution is 1.14. The molecule has 0 radical (unpaired) electrons. The van der Waals surface area contributed by atoms with Gasteiger partial charge < -0.3 is 4.98 Å². The van der Waals surface area contributed by atoms with Crippen molar-refractivity contribution in [1.29, 1.82) is 0 Å². The summed E-state index contributed by atoms with van der Waals surface area (Å²) in [4.78, 5) is 7.21. The van der Waals surface area contributed by atoms with Crippen molar-refractivity contribution < 1.29 is 0 Å². The summed E-state index contributed by atoms with van der Waals surface area (Å²) in [7, 11) is 0. The summed E-state index contributed by atoms with van der Waals surface area (Å²) in [5, 5.41) is 0. The molecule has 44 valence electrons. The molecular weight excluding hydrogens is 330 g/mol. The highest BCUT2D eigenvalue weighted by atomic mass is 127. The van der Waals surface area contributed by atoms with Crippen LogP contribution in [0.2, 0.25) is 0 Å². The van der Waals surface area contributed by atoms with Gasteiger partial charge in [-0.15, -0.1) is 0 Å². The normalized spacial score (nSPS) is 9.88. The van der Waals surface area contributed by atoms with E-state index >= 15 is 0 Å². The van der Waals surface area contributed by atoms with Crippen LogP contribution >= 0.6 is 45.2 Å². The molecule has 8 heavy (non-hydrogen) atoms. The summed E-state index contributed by atoms with van der Waals surface area (Å²) in [5.74, 6) is 0.985. The van der Waals surface area contributed by atoms with Crippen LogP contribution in [0.1, 0.15) is 5.82 Å². The minimum Gasteiger partial charge on any atom is -0.337 e. The molecule has 0 aliphatic carbocycles. The van der Waals surface area contributed by atoms with E-state index in [1.165, 1.54) is 0 Å². The van der Waals surface area contributed by atoms with E-state index in [1.54, 1.807) is 0 Å². The predicted molar refractivity (Wildman–Crippen MR) is 48.8 cm³/mol. The molecule has 1 N–H and O–H groups in total. The molecule has 0 spiro atoms. The van der Waals surface area contributed by atoms with Gasteiger partial charge in [-0.2, -0.15) is 0 Å². The summed E-state index contributed by atoms with van der Waals surface area (Å²) in [5.41, 5.74) is 0. The summed E-state index contributed by atoms with van der Waals surface area (Å²) >= 11 is 4.41. The Bertz CT molecular complexity index is 174. The number of rotatable bonds is 0. The smallest absolute Gasteiger partial charge is 0.133 e. The number of hydrogen-bond donors (Lipinski definition) is 1. The van der Waals surface area contributed by atoms with Crippen molar-refractivity contribution in [2.75, 3.05) is 0 Å². The number of H-pyrrole nitrogens is 1. The van der Waals surface area contributed by atoms with Crippen LogP contribution in [0.5, 0.6) is 0 Å². The molecule has 0 fully saturated rings. The molecule has 0 saturated heterocycles. The Morgan fingerprint density at radius 1 is 1.50 bits per heavy atom. The van der Waals surface area contributed by atoms with Gasteiger partial charge in [0.2, 0.25) is 0 Å². The fourth-order valence-electron chi connectivity index (χ4n) is 0.435. The van der Waals surface area contributed by atoms with Crippen LogP contribution in [-0.2, 0) is 0 Å². The first-order valence-electron chi connectivity index (χ1n) is 2.08. The third kappa shape index (κ3) is 1.34. The van der Waals surface area contributed by atoms with Gasteiger partial charge in [0.05, 0.1) is 0 Å². The van der Waals surface area contributed by atoms with Crippen LogP contribution in [0.15, 0.2) is 0 Å². The highest BCUT2D eigenvalue weighted by Crippen LogP contribution is 2.10. The maximum atomic E-state index is 4.13. The number of aromatic nitrogens is 2. The van der Waals surface area contributed by atoms with Gasteiger partial charge in [-0.3, -0.25) is 0 Å². The van der Waals surface area contributed by atoms with Crippen molar-refractivity contribution in [2.24, 2.45) is 0 Å². The van der Waals surface area contributed by atoms with Gasteiger partial charge in [-0.05, 0) is 52.1 Å². The van der Waals surface area contributed by atoms with Gasteiger partial charge in [0.1, 0.15) is 13.2 Å². The monoisotopic (exact) mass is 334 g/mol. The van der Waals surface area contributed by atoms with Crippen LogP contribution < -0.4 is 0 Å². The Morgan fingerprint density at radius 2 is 2.12 bits per heavy atom. The lowest BCUT2D eigenvalue weighted by atomic mass is 10.8. The zero-order valence-electron chi connectivity index (χ0n) is 4.20. The summed E-state index contributed by atoms with van der Waals surface area (Å²) in [6.45, 7) is 1.95. The third-order valence-electron chi connectivity index (χ3n) is 0.738. The quantitative estimate of drug-likeness (QED) is 0.722. The van der Waals surface area contributed by atoms with Crippen LogP contribution in [0, 0.1) is 14.3 Å². The maximum Gasteiger partial charge on any atom is 0.133 e. The topological polar surface area (TPSA) is 28.7 Å². The van der Waals surface area contributed by atoms with Gasteiger partial charge in [0, 0.05) is 0 Å². The fraction of sp³-hybridized carbons (Fsp3) is 0.250. The molecule has 0 aromatic carbocycles. The molecular formula is C4H4I2N2. The minimum absolute atomic E-state index is 0.985. The molecule has 0 aliphatic rings. The lowest BCUT2D eigenvalue weighted by Crippen LogP contribution is -1.69. The summed E-state index contributed by atoms with van der Waals surface area (Å²) < 4.78 is 2.18. The molecule has 0 atom stereocenters. The van der Waals surface area contributed by atoms with E-state index in [9.17, 15) is 0 Å². The number of halogens is 2. The Hall–Kier alpha value is 0.670. The van der Waals surface area contributed by atoms with Gasteiger partial charge in [-0.25, -0.2) is 4.98 Å². The Kier molecular flexibility index (Phi) is 2.13. The molecule has 2 nitrogen and oxygen atoms in total. The van der Waals surface area contributed by atoms with Gasteiger partial charge >= 0.3 is 0 Å². The maximum absolute atomic E-state index is 4.13. The molecule has 0 bridgehead atoms. The van der Waals surface area contributed by atoms with E-state index in [0.717, 1.165) is 13.2 Å². The molecule has 1 aromatic heterocycles. The van der Waals surface area contributed by atoms with Crippen molar-refractivity contribution in [3.05, 3.63) is 13.2 Å². The number of nitrogens with zero attached hydrogens (tertiary/aromatic N) is 1. The first kappa shape index (κ1) is 6.79. The molecule has 1 heterocycles. The van der Waals surface area contributed by atoms with Crippen molar-refractivity contribution in [2.45, 2.75) is 6.92 Å². The number of hydrogen-bond acceptors (Lipinski definition) is 1. The highest BCUT2D eigenvalue weighted by Gasteiger charge is 1.97. The van der Waals surface area contributed by atoms with Crippen LogP contribution in [0.25, 0.3) is 0 Å². The average Bonchev–Trinajstić information content (AvgIpc) is 1.85. The third-order valence-corrected chi connectivity index (χ3v) is 3.33. The van der Waals surface area contributed by atoms with Gasteiger partial charge in [0.25, 0.3) is 0 Å². The predicted octanol–water partition coefficient (Wildman–Crippen LogP) is 1.93. The van der Waals surface area contributed by atoms with E-state index in [2.05, 4.69) is 55.1 Å². The van der Waals surface area contributed by atoms with Crippen LogP contribution in [0.4, 0.5) is 0 Å². The van der Waals surface area contributed by atoms with Crippen molar-refractivity contribution in [3.8, 4) is 0 Å². The number of nitrogens with one attached hydrogen (secondary N) is 1. The van der Waals surface area contributed by atoms with Crippen LogP contribution in [-0.4, -0.2) is 9.97 Å². The van der Waals surface area contributed by atoms with E-state index in [4.69, 9.17) is 0 Å². The molecule has 4 heteroatoms. The van der Waals surface area contributed by atoms with E-state index in [1.807, 2.05) is 6.92 Å². The highest BCUT2D eigenvalue weighted by molar-refractivity contribution is 14.1. The molecule has 0 amide bonds. The second kappa shape index (κ2) is 2.51. The van der Waals surface area contributed by atoms with Crippen molar-refractivity contribution in [3.63, 3.8) is 0 Å². The molecule has 1 rings (SSSR count). The van der Waals surface area contributed by atoms with Crippen LogP contribution in [0.3, 0.4) is 0 Å². The lowest BCUT2D eigenvalue weighted by Gasteiger charge is -1.74. The Balaban J connectivity index is 3.14. The summed E-state index contributed by atoms with van der Waals surface area (Å²) in [6, 6.07) is 0.